The molecule has 3 rings (SSSR count). The number of aromatic amines is 1. The molecule has 1 heterocycles. The monoisotopic (exact) mass is 263 g/mol. The van der Waals surface area contributed by atoms with E-state index in [2.05, 4.69) is 4.98 Å². The van der Waals surface area contributed by atoms with Crippen molar-refractivity contribution in [3.05, 3.63) is 27.2 Å². The average molecular weight is 263 g/mol. The van der Waals surface area contributed by atoms with Crippen molar-refractivity contribution in [2.75, 3.05) is 0 Å². The first-order valence-corrected chi connectivity index (χ1v) is 6.18. The Morgan fingerprint density at radius 2 is 1.89 bits per heavy atom. The Hall–Kier alpha value is -2.11. The summed E-state index contributed by atoms with van der Waals surface area (Å²) in [5, 5.41) is 18.8. The van der Waals surface area contributed by atoms with Crippen molar-refractivity contribution >= 4 is 11.8 Å². The third-order valence-corrected chi connectivity index (χ3v) is 4.26. The minimum absolute atomic E-state index is 0.0190. The van der Waals surface area contributed by atoms with Crippen molar-refractivity contribution in [1.82, 2.24) is 4.98 Å². The number of pyridine rings is 1. The summed E-state index contributed by atoms with van der Waals surface area (Å²) >= 11 is 0. The number of carboxylic acids is 1. The average Bonchev–Trinajstić information content (AvgIpc) is 2.24. The Morgan fingerprint density at radius 3 is 2.42 bits per heavy atom. The van der Waals surface area contributed by atoms with Crippen LogP contribution in [0.4, 0.5) is 0 Å². The van der Waals surface area contributed by atoms with Crippen molar-refractivity contribution in [2.24, 2.45) is 5.41 Å². The van der Waals surface area contributed by atoms with Crippen LogP contribution in [-0.4, -0.2) is 26.9 Å². The van der Waals surface area contributed by atoms with Gasteiger partial charge in [-0.15, -0.1) is 0 Å². The van der Waals surface area contributed by atoms with Crippen LogP contribution in [-0.2, 0) is 6.42 Å². The summed E-state index contributed by atoms with van der Waals surface area (Å²) in [6.45, 7) is 0. The third-order valence-electron chi connectivity index (χ3n) is 4.26. The number of nitrogens with one attached hydrogen (secondary N) is 1. The molecule has 0 bridgehead atoms. The fourth-order valence-corrected chi connectivity index (χ4v) is 3.17. The van der Waals surface area contributed by atoms with E-state index in [-0.39, 0.29) is 16.8 Å². The molecule has 3 N–H and O–H groups in total. The summed E-state index contributed by atoms with van der Waals surface area (Å²) in [6.07, 6.45) is 3.77. The molecule has 0 unspecified atom stereocenters. The van der Waals surface area contributed by atoms with Crippen LogP contribution in [0.1, 0.15) is 52.1 Å². The lowest BCUT2D eigenvalue weighted by atomic mass is 9.60. The molecule has 0 saturated heterocycles. The second kappa shape index (κ2) is 3.69. The van der Waals surface area contributed by atoms with Crippen molar-refractivity contribution in [3.8, 4) is 5.75 Å². The third kappa shape index (κ3) is 1.59. The van der Waals surface area contributed by atoms with Crippen molar-refractivity contribution < 1.29 is 19.8 Å². The van der Waals surface area contributed by atoms with E-state index in [1.165, 1.54) is 0 Å². The standard InChI is InChI=1S/C13H13NO5/c15-7-5-13(2-1-3-13)4-6-8(7)10(16)9(12(18)19)11(17)14-6/h1-5H2,(H,18,19)(H2,14,16,17). The van der Waals surface area contributed by atoms with Crippen molar-refractivity contribution in [2.45, 2.75) is 32.1 Å². The highest BCUT2D eigenvalue weighted by molar-refractivity contribution is 6.04. The number of rotatable bonds is 1. The summed E-state index contributed by atoms with van der Waals surface area (Å²) in [5.41, 5.74) is -1.34. The normalized spacial score (nSPS) is 19.9. The molecule has 1 spiro atoms. The van der Waals surface area contributed by atoms with Gasteiger partial charge in [0, 0.05) is 12.1 Å². The second-order valence-corrected chi connectivity index (χ2v) is 5.47. The molecular formula is C13H13NO5. The zero-order valence-corrected chi connectivity index (χ0v) is 10.2. The van der Waals surface area contributed by atoms with Crippen LogP contribution in [0.3, 0.4) is 0 Å². The van der Waals surface area contributed by atoms with Gasteiger partial charge in [0.25, 0.3) is 5.56 Å². The maximum Gasteiger partial charge on any atom is 0.345 e. The fourth-order valence-electron chi connectivity index (χ4n) is 3.17. The van der Waals surface area contributed by atoms with Crippen LogP contribution in [0.5, 0.6) is 5.75 Å². The van der Waals surface area contributed by atoms with Gasteiger partial charge in [0.15, 0.2) is 11.3 Å². The van der Waals surface area contributed by atoms with Gasteiger partial charge < -0.3 is 15.2 Å². The number of Topliss-reactive ketones (excluding diaryl/α,β-unsaturated/α-hetero) is 1. The number of aromatic nitrogens is 1. The summed E-state index contributed by atoms with van der Waals surface area (Å²) in [5.74, 6) is -2.50. The lowest BCUT2D eigenvalue weighted by Crippen LogP contribution is -2.40. The molecule has 100 valence electrons. The van der Waals surface area contributed by atoms with Crippen LogP contribution in [0.2, 0.25) is 0 Å². The second-order valence-electron chi connectivity index (χ2n) is 5.47. The molecule has 0 amide bonds. The molecule has 0 atom stereocenters. The zero-order chi connectivity index (χ0) is 13.8. The predicted octanol–water partition coefficient (Wildman–Crippen LogP) is 1.08. The number of carbonyl (C=O) groups is 2. The molecule has 19 heavy (non-hydrogen) atoms. The molecule has 2 aliphatic carbocycles. The highest BCUT2D eigenvalue weighted by Gasteiger charge is 2.45. The van der Waals surface area contributed by atoms with E-state index in [0.717, 1.165) is 19.3 Å². The number of hydrogen-bond donors (Lipinski definition) is 3. The number of H-pyrrole nitrogens is 1. The SMILES string of the molecule is O=C1CC2(CCC2)Cc2[nH]c(=O)c(C(=O)O)c(O)c21. The molecule has 0 aliphatic heterocycles. The van der Waals surface area contributed by atoms with E-state index in [1.807, 2.05) is 0 Å². The van der Waals surface area contributed by atoms with Gasteiger partial charge in [0.1, 0.15) is 5.75 Å². The van der Waals surface area contributed by atoms with Gasteiger partial charge in [0.2, 0.25) is 0 Å². The zero-order valence-electron chi connectivity index (χ0n) is 10.2. The topological polar surface area (TPSA) is 107 Å². The molecular weight excluding hydrogens is 250 g/mol. The van der Waals surface area contributed by atoms with Crippen LogP contribution < -0.4 is 5.56 Å². The lowest BCUT2D eigenvalue weighted by Gasteiger charge is -2.44. The van der Waals surface area contributed by atoms with Crippen LogP contribution in [0, 0.1) is 5.41 Å². The first-order chi connectivity index (χ1) is 8.93. The van der Waals surface area contributed by atoms with Crippen LogP contribution in [0.15, 0.2) is 4.79 Å². The quantitative estimate of drug-likeness (QED) is 0.702. The highest BCUT2D eigenvalue weighted by atomic mass is 16.4. The fraction of sp³-hybridized carbons (Fsp3) is 0.462. The Bertz CT molecular complexity index is 654. The Morgan fingerprint density at radius 1 is 1.21 bits per heavy atom. The maximum atomic E-state index is 12.1. The van der Waals surface area contributed by atoms with E-state index in [4.69, 9.17) is 5.11 Å². The van der Waals surface area contributed by atoms with Gasteiger partial charge in [-0.3, -0.25) is 9.59 Å². The van der Waals surface area contributed by atoms with Gasteiger partial charge in [-0.2, -0.15) is 0 Å². The summed E-state index contributed by atoms with van der Waals surface area (Å²) in [7, 11) is 0. The molecule has 2 aliphatic rings. The summed E-state index contributed by atoms with van der Waals surface area (Å²) < 4.78 is 0. The number of hydrogen-bond acceptors (Lipinski definition) is 4. The van der Waals surface area contributed by atoms with E-state index in [9.17, 15) is 19.5 Å². The van der Waals surface area contributed by atoms with Gasteiger partial charge in [-0.1, -0.05) is 6.42 Å². The first kappa shape index (κ1) is 12.0. The first-order valence-electron chi connectivity index (χ1n) is 6.18. The maximum absolute atomic E-state index is 12.1. The molecule has 0 radical (unpaired) electrons. The van der Waals surface area contributed by atoms with E-state index in [1.54, 1.807) is 0 Å². The van der Waals surface area contributed by atoms with E-state index < -0.39 is 22.8 Å². The van der Waals surface area contributed by atoms with Crippen LogP contribution in [0.25, 0.3) is 0 Å². The largest absolute Gasteiger partial charge is 0.506 e. The molecule has 1 saturated carbocycles. The van der Waals surface area contributed by atoms with Gasteiger partial charge >= 0.3 is 5.97 Å². The van der Waals surface area contributed by atoms with Gasteiger partial charge in [-0.05, 0) is 24.7 Å². The molecule has 1 aromatic rings. The van der Waals surface area contributed by atoms with Crippen LogP contribution >= 0.6 is 0 Å². The number of fused-ring (bicyclic) bond motifs is 1. The van der Waals surface area contributed by atoms with E-state index >= 15 is 0 Å². The molecule has 1 fully saturated rings. The number of ketones is 1. The van der Waals surface area contributed by atoms with Gasteiger partial charge in [-0.25, -0.2) is 4.79 Å². The number of aromatic hydroxyl groups is 1. The predicted molar refractivity (Wildman–Crippen MR) is 64.6 cm³/mol. The number of aromatic carboxylic acids is 1. The smallest absolute Gasteiger partial charge is 0.345 e. The minimum Gasteiger partial charge on any atom is -0.506 e. The lowest BCUT2D eigenvalue weighted by molar-refractivity contribution is 0.0686. The number of carboxylic acid groups (broad SMARTS) is 1. The molecule has 6 nitrogen and oxygen atoms in total. The Labute approximate surface area is 108 Å². The summed E-state index contributed by atoms with van der Waals surface area (Å²) in [6, 6.07) is 0. The molecule has 0 aromatic carbocycles. The molecule has 6 heteroatoms. The van der Waals surface area contributed by atoms with Crippen molar-refractivity contribution in [3.63, 3.8) is 0 Å². The van der Waals surface area contributed by atoms with Crippen molar-refractivity contribution in [1.29, 1.82) is 0 Å². The Balaban J connectivity index is 2.20. The summed E-state index contributed by atoms with van der Waals surface area (Å²) in [4.78, 5) is 37.2. The Kier molecular flexibility index (Phi) is 2.32. The highest BCUT2D eigenvalue weighted by Crippen LogP contribution is 2.50. The molecule has 1 aromatic heterocycles. The number of carbonyl (C=O) groups excluding carboxylic acids is 1. The minimum atomic E-state index is -1.53. The van der Waals surface area contributed by atoms with Gasteiger partial charge in [0.05, 0.1) is 5.56 Å². The van der Waals surface area contributed by atoms with E-state index in [0.29, 0.717) is 18.5 Å².